The third kappa shape index (κ3) is 2.13. The van der Waals surface area contributed by atoms with Crippen molar-refractivity contribution < 1.29 is 9.59 Å². The first kappa shape index (κ1) is 13.4. The largest absolute Gasteiger partial charge is 0.340 e. The van der Waals surface area contributed by atoms with Gasteiger partial charge in [0.1, 0.15) is 11.6 Å². The number of amides is 2. The number of rotatable bonds is 5. The van der Waals surface area contributed by atoms with Gasteiger partial charge >= 0.3 is 0 Å². The Morgan fingerprint density at radius 1 is 1.28 bits per heavy atom. The van der Waals surface area contributed by atoms with Gasteiger partial charge in [0, 0.05) is 6.54 Å². The number of carbonyl (C=O) groups is 2. The first-order valence-electron chi connectivity index (χ1n) is 7.17. The number of piperazine rings is 1. The van der Waals surface area contributed by atoms with Gasteiger partial charge in [0.2, 0.25) is 11.8 Å². The summed E-state index contributed by atoms with van der Waals surface area (Å²) in [6, 6.07) is -0.255. The first-order chi connectivity index (χ1) is 8.54. The van der Waals surface area contributed by atoms with Crippen LogP contribution >= 0.6 is 0 Å². The van der Waals surface area contributed by atoms with Crippen LogP contribution in [0, 0.1) is 5.92 Å². The molecule has 0 aromatic rings. The lowest BCUT2D eigenvalue weighted by Gasteiger charge is -2.44. The second-order valence-corrected chi connectivity index (χ2v) is 5.77. The molecule has 0 aromatic carbocycles. The molecule has 0 spiro atoms. The van der Waals surface area contributed by atoms with Crippen LogP contribution in [0.2, 0.25) is 0 Å². The lowest BCUT2D eigenvalue weighted by Crippen LogP contribution is -2.70. The molecule has 2 aliphatic rings. The Hall–Kier alpha value is -1.06. The quantitative estimate of drug-likeness (QED) is 0.809. The summed E-state index contributed by atoms with van der Waals surface area (Å²) in [4.78, 5) is 26.7. The van der Waals surface area contributed by atoms with Gasteiger partial charge in [0.25, 0.3) is 0 Å². The molecule has 1 aliphatic carbocycles. The summed E-state index contributed by atoms with van der Waals surface area (Å²) in [7, 11) is 0. The van der Waals surface area contributed by atoms with E-state index in [1.165, 1.54) is 0 Å². The molecule has 1 aliphatic heterocycles. The van der Waals surface area contributed by atoms with Gasteiger partial charge in [0.05, 0.1) is 0 Å². The first-order valence-corrected chi connectivity index (χ1v) is 7.17. The fourth-order valence-corrected chi connectivity index (χ4v) is 2.97. The van der Waals surface area contributed by atoms with E-state index in [2.05, 4.69) is 19.2 Å². The third-order valence-electron chi connectivity index (χ3n) is 4.19. The second-order valence-electron chi connectivity index (χ2n) is 5.77. The van der Waals surface area contributed by atoms with Crippen LogP contribution in [-0.4, -0.2) is 34.8 Å². The van der Waals surface area contributed by atoms with Gasteiger partial charge in [-0.2, -0.15) is 0 Å². The van der Waals surface area contributed by atoms with Crippen molar-refractivity contribution in [2.45, 2.75) is 64.5 Å². The van der Waals surface area contributed by atoms with Gasteiger partial charge in [-0.25, -0.2) is 0 Å². The number of hydrogen-bond donors (Lipinski definition) is 1. The van der Waals surface area contributed by atoms with Crippen LogP contribution in [0.25, 0.3) is 0 Å². The van der Waals surface area contributed by atoms with Crippen LogP contribution in [0.5, 0.6) is 0 Å². The summed E-state index contributed by atoms with van der Waals surface area (Å²) in [6.45, 7) is 6.70. The molecular weight excluding hydrogens is 228 g/mol. The molecule has 4 nitrogen and oxygen atoms in total. The summed E-state index contributed by atoms with van der Waals surface area (Å²) < 4.78 is 0. The van der Waals surface area contributed by atoms with Crippen molar-refractivity contribution in [3.8, 4) is 0 Å². The van der Waals surface area contributed by atoms with Crippen molar-refractivity contribution in [2.24, 2.45) is 5.92 Å². The van der Waals surface area contributed by atoms with Crippen LogP contribution in [0.3, 0.4) is 0 Å². The predicted molar refractivity (Wildman–Crippen MR) is 70.0 cm³/mol. The van der Waals surface area contributed by atoms with Gasteiger partial charge in [-0.05, 0) is 38.5 Å². The summed E-state index contributed by atoms with van der Waals surface area (Å²) in [5.74, 6) is 0.514. The molecule has 2 rings (SSSR count). The van der Waals surface area contributed by atoms with E-state index in [0.29, 0.717) is 12.5 Å². The molecule has 0 radical (unpaired) electrons. The van der Waals surface area contributed by atoms with Crippen molar-refractivity contribution >= 4 is 11.8 Å². The summed E-state index contributed by atoms with van der Waals surface area (Å²) in [6.07, 6.45) is 4.70. The SMILES string of the molecule is CCCC1C(=O)NC(C)(C2CC2)C(=O)N1CCC. The molecule has 1 N–H and O–H groups in total. The fourth-order valence-electron chi connectivity index (χ4n) is 2.97. The van der Waals surface area contributed by atoms with Gasteiger partial charge in [-0.1, -0.05) is 20.3 Å². The maximum Gasteiger partial charge on any atom is 0.249 e. The molecule has 1 saturated carbocycles. The number of nitrogens with one attached hydrogen (secondary N) is 1. The molecule has 0 aromatic heterocycles. The van der Waals surface area contributed by atoms with Crippen LogP contribution in [0.15, 0.2) is 0 Å². The second kappa shape index (κ2) is 4.90. The van der Waals surface area contributed by atoms with E-state index in [9.17, 15) is 9.59 Å². The molecular formula is C14H24N2O2. The Kier molecular flexibility index (Phi) is 3.64. The monoisotopic (exact) mass is 252 g/mol. The van der Waals surface area contributed by atoms with E-state index in [-0.39, 0.29) is 17.9 Å². The minimum atomic E-state index is -0.642. The van der Waals surface area contributed by atoms with E-state index in [4.69, 9.17) is 0 Å². The highest BCUT2D eigenvalue weighted by Gasteiger charge is 2.54. The van der Waals surface area contributed by atoms with E-state index >= 15 is 0 Å². The minimum absolute atomic E-state index is 0.0410. The zero-order valence-electron chi connectivity index (χ0n) is 11.7. The Balaban J connectivity index is 2.23. The highest BCUT2D eigenvalue weighted by molar-refractivity contribution is 6.00. The Morgan fingerprint density at radius 2 is 1.94 bits per heavy atom. The smallest absolute Gasteiger partial charge is 0.249 e. The number of hydrogen-bond acceptors (Lipinski definition) is 2. The third-order valence-corrected chi connectivity index (χ3v) is 4.19. The lowest BCUT2D eigenvalue weighted by molar-refractivity contribution is -0.155. The fraction of sp³-hybridized carbons (Fsp3) is 0.857. The standard InChI is InChI=1S/C14H24N2O2/c1-4-6-11-12(17)15-14(3,10-7-8-10)13(18)16(11)9-5-2/h10-11H,4-9H2,1-3H3,(H,15,17). The van der Waals surface area contributed by atoms with Crippen molar-refractivity contribution in [3.05, 3.63) is 0 Å². The van der Waals surface area contributed by atoms with Crippen LogP contribution in [0.1, 0.15) is 52.9 Å². The van der Waals surface area contributed by atoms with Crippen molar-refractivity contribution in [1.82, 2.24) is 10.2 Å². The molecule has 4 heteroatoms. The zero-order valence-corrected chi connectivity index (χ0v) is 11.7. The Labute approximate surface area is 109 Å². The molecule has 2 amide bonds. The lowest BCUT2D eigenvalue weighted by atomic mass is 9.88. The van der Waals surface area contributed by atoms with E-state index in [1.807, 2.05) is 11.8 Å². The average molecular weight is 252 g/mol. The Bertz CT molecular complexity index is 352. The van der Waals surface area contributed by atoms with Gasteiger partial charge < -0.3 is 10.2 Å². The van der Waals surface area contributed by atoms with Crippen LogP contribution in [0.4, 0.5) is 0 Å². The molecule has 18 heavy (non-hydrogen) atoms. The van der Waals surface area contributed by atoms with E-state index < -0.39 is 5.54 Å². The molecule has 1 heterocycles. The van der Waals surface area contributed by atoms with Gasteiger partial charge in [-0.3, -0.25) is 9.59 Å². The Morgan fingerprint density at radius 3 is 2.44 bits per heavy atom. The number of nitrogens with zero attached hydrogens (tertiary/aromatic N) is 1. The average Bonchev–Trinajstić information content (AvgIpc) is 3.15. The molecule has 2 atom stereocenters. The van der Waals surface area contributed by atoms with Crippen molar-refractivity contribution in [1.29, 1.82) is 0 Å². The topological polar surface area (TPSA) is 49.4 Å². The summed E-state index contributed by atoms with van der Waals surface area (Å²) in [5.41, 5.74) is -0.642. The minimum Gasteiger partial charge on any atom is -0.340 e. The highest BCUT2D eigenvalue weighted by atomic mass is 16.2. The predicted octanol–water partition coefficient (Wildman–Crippen LogP) is 1.69. The highest BCUT2D eigenvalue weighted by Crippen LogP contribution is 2.42. The van der Waals surface area contributed by atoms with Gasteiger partial charge in [0.15, 0.2) is 0 Å². The maximum absolute atomic E-state index is 12.7. The molecule has 2 unspecified atom stereocenters. The van der Waals surface area contributed by atoms with Gasteiger partial charge in [-0.15, -0.1) is 0 Å². The normalized spacial score (nSPS) is 32.6. The van der Waals surface area contributed by atoms with Crippen molar-refractivity contribution in [2.75, 3.05) is 6.54 Å². The van der Waals surface area contributed by atoms with Crippen LogP contribution in [-0.2, 0) is 9.59 Å². The van der Waals surface area contributed by atoms with E-state index in [0.717, 1.165) is 32.1 Å². The summed E-state index contributed by atoms with van der Waals surface area (Å²) in [5, 5.41) is 3.00. The molecule has 102 valence electrons. The maximum atomic E-state index is 12.7. The number of carbonyl (C=O) groups excluding carboxylic acids is 2. The molecule has 2 fully saturated rings. The van der Waals surface area contributed by atoms with Crippen LogP contribution < -0.4 is 5.32 Å². The molecule has 0 bridgehead atoms. The zero-order chi connectivity index (χ0) is 13.3. The molecule has 1 saturated heterocycles. The van der Waals surface area contributed by atoms with Crippen molar-refractivity contribution in [3.63, 3.8) is 0 Å². The van der Waals surface area contributed by atoms with E-state index in [1.54, 1.807) is 0 Å². The summed E-state index contributed by atoms with van der Waals surface area (Å²) >= 11 is 0.